The van der Waals surface area contributed by atoms with Gasteiger partial charge >= 0.3 is 5.97 Å². The molecule has 0 aliphatic carbocycles. The van der Waals surface area contributed by atoms with E-state index in [-0.39, 0.29) is 18.9 Å². The van der Waals surface area contributed by atoms with Crippen molar-refractivity contribution in [2.24, 2.45) is 5.92 Å². The van der Waals surface area contributed by atoms with Crippen molar-refractivity contribution in [2.75, 3.05) is 11.4 Å². The van der Waals surface area contributed by atoms with E-state index in [0.717, 1.165) is 16.9 Å². The number of hydrogen-bond acceptors (Lipinski definition) is 3. The monoisotopic (exact) mass is 325 g/mol. The number of carboxylic acid groups (broad SMARTS) is 1. The molecule has 1 N–H and O–H groups in total. The Hall–Kier alpha value is -2.82. The minimum Gasteiger partial charge on any atom is -0.481 e. The summed E-state index contributed by atoms with van der Waals surface area (Å²) in [7, 11) is 0. The van der Waals surface area contributed by atoms with E-state index < -0.39 is 11.9 Å². The van der Waals surface area contributed by atoms with Crippen LogP contribution in [-0.2, 0) is 9.59 Å². The van der Waals surface area contributed by atoms with Crippen LogP contribution in [-0.4, -0.2) is 23.5 Å². The molecule has 1 fully saturated rings. The Bertz CT molecular complexity index is 762. The minimum atomic E-state index is -0.930. The molecule has 0 bridgehead atoms. The topological polar surface area (TPSA) is 66.8 Å². The summed E-state index contributed by atoms with van der Waals surface area (Å²) in [5.41, 5.74) is 2.95. The molecule has 0 spiro atoms. The van der Waals surface area contributed by atoms with Crippen molar-refractivity contribution in [2.45, 2.75) is 20.3 Å². The second-order valence-electron chi connectivity index (χ2n) is 6.16. The molecular weight excluding hydrogens is 306 g/mol. The average molecular weight is 325 g/mol. The van der Waals surface area contributed by atoms with Crippen LogP contribution < -0.4 is 9.64 Å². The number of benzene rings is 2. The third kappa shape index (κ3) is 3.40. The number of aryl methyl sites for hydroxylation is 2. The third-order valence-electron chi connectivity index (χ3n) is 4.05. The number of hydrogen-bond donors (Lipinski definition) is 1. The first-order valence-corrected chi connectivity index (χ1v) is 7.82. The van der Waals surface area contributed by atoms with Crippen molar-refractivity contribution < 1.29 is 19.4 Å². The van der Waals surface area contributed by atoms with Gasteiger partial charge in [0.1, 0.15) is 11.5 Å². The lowest BCUT2D eigenvalue weighted by atomic mass is 10.1. The summed E-state index contributed by atoms with van der Waals surface area (Å²) in [6.07, 6.45) is 0.0517. The molecule has 5 heteroatoms. The molecule has 0 saturated carbocycles. The molecule has 2 aromatic carbocycles. The average Bonchev–Trinajstić information content (AvgIpc) is 2.89. The van der Waals surface area contributed by atoms with E-state index in [1.165, 1.54) is 4.90 Å². The van der Waals surface area contributed by atoms with Gasteiger partial charge in [-0.2, -0.15) is 0 Å². The van der Waals surface area contributed by atoms with E-state index in [9.17, 15) is 9.59 Å². The Morgan fingerprint density at radius 3 is 2.25 bits per heavy atom. The van der Waals surface area contributed by atoms with E-state index in [2.05, 4.69) is 6.07 Å². The van der Waals surface area contributed by atoms with Crippen LogP contribution in [0.4, 0.5) is 5.69 Å². The molecule has 3 rings (SSSR count). The first-order chi connectivity index (χ1) is 11.4. The molecule has 1 heterocycles. The number of anilines is 1. The lowest BCUT2D eigenvalue weighted by Gasteiger charge is -2.16. The SMILES string of the molecule is Cc1cc(C)cc(Oc2ccc(N3CC(C(=O)O)CC3=O)cc2)c1. The Morgan fingerprint density at radius 1 is 1.08 bits per heavy atom. The maximum absolute atomic E-state index is 12.0. The van der Waals surface area contributed by atoms with Gasteiger partial charge in [-0.25, -0.2) is 0 Å². The van der Waals surface area contributed by atoms with Gasteiger partial charge in [0.15, 0.2) is 0 Å². The Labute approximate surface area is 140 Å². The molecule has 1 amide bonds. The highest BCUT2D eigenvalue weighted by atomic mass is 16.5. The zero-order chi connectivity index (χ0) is 17.3. The lowest BCUT2D eigenvalue weighted by molar-refractivity contribution is -0.141. The van der Waals surface area contributed by atoms with Gasteiger partial charge in [-0.05, 0) is 61.4 Å². The number of rotatable bonds is 4. The standard InChI is InChI=1S/C19H19NO4/c1-12-7-13(2)9-17(8-12)24-16-5-3-15(4-6-16)20-11-14(19(22)23)10-18(20)21/h3-9,14H,10-11H2,1-2H3,(H,22,23). The summed E-state index contributed by atoms with van der Waals surface area (Å²) in [6, 6.07) is 13.1. The van der Waals surface area contributed by atoms with Crippen LogP contribution >= 0.6 is 0 Å². The summed E-state index contributed by atoms with van der Waals surface area (Å²) in [5.74, 6) is -0.289. The highest BCUT2D eigenvalue weighted by molar-refractivity contribution is 5.99. The van der Waals surface area contributed by atoms with Crippen LogP contribution in [0.3, 0.4) is 0 Å². The number of carboxylic acids is 1. The molecule has 24 heavy (non-hydrogen) atoms. The lowest BCUT2D eigenvalue weighted by Crippen LogP contribution is -2.25. The molecule has 124 valence electrons. The summed E-state index contributed by atoms with van der Waals surface area (Å²) in [5, 5.41) is 9.05. The van der Waals surface area contributed by atoms with Crippen LogP contribution in [0.25, 0.3) is 0 Å². The Morgan fingerprint density at radius 2 is 1.71 bits per heavy atom. The van der Waals surface area contributed by atoms with Crippen molar-refractivity contribution in [3.63, 3.8) is 0 Å². The van der Waals surface area contributed by atoms with E-state index in [1.807, 2.05) is 26.0 Å². The smallest absolute Gasteiger partial charge is 0.308 e. The molecule has 1 unspecified atom stereocenters. The molecule has 1 atom stereocenters. The van der Waals surface area contributed by atoms with Crippen LogP contribution in [0.1, 0.15) is 17.5 Å². The van der Waals surface area contributed by atoms with E-state index >= 15 is 0 Å². The van der Waals surface area contributed by atoms with Crippen LogP contribution in [0.2, 0.25) is 0 Å². The van der Waals surface area contributed by atoms with E-state index in [4.69, 9.17) is 9.84 Å². The first kappa shape index (κ1) is 16.1. The largest absolute Gasteiger partial charge is 0.481 e. The number of ether oxygens (including phenoxy) is 1. The molecule has 5 nitrogen and oxygen atoms in total. The second kappa shape index (κ2) is 6.35. The second-order valence-corrected chi connectivity index (χ2v) is 6.16. The van der Waals surface area contributed by atoms with Gasteiger partial charge in [-0.1, -0.05) is 6.07 Å². The fourth-order valence-corrected chi connectivity index (χ4v) is 2.94. The van der Waals surface area contributed by atoms with Gasteiger partial charge in [0, 0.05) is 18.7 Å². The summed E-state index contributed by atoms with van der Waals surface area (Å²) >= 11 is 0. The van der Waals surface area contributed by atoms with Crippen molar-refractivity contribution in [1.82, 2.24) is 0 Å². The van der Waals surface area contributed by atoms with Crippen LogP contribution in [0.5, 0.6) is 11.5 Å². The number of aliphatic carboxylic acids is 1. The third-order valence-corrected chi connectivity index (χ3v) is 4.05. The van der Waals surface area contributed by atoms with Crippen molar-refractivity contribution in [3.05, 3.63) is 53.6 Å². The van der Waals surface area contributed by atoms with E-state index in [0.29, 0.717) is 11.4 Å². The normalized spacial score (nSPS) is 17.2. The Kier molecular flexibility index (Phi) is 4.25. The van der Waals surface area contributed by atoms with Crippen LogP contribution in [0, 0.1) is 19.8 Å². The highest BCUT2D eigenvalue weighted by Gasteiger charge is 2.34. The molecule has 0 radical (unpaired) electrons. The first-order valence-electron chi connectivity index (χ1n) is 7.82. The van der Waals surface area contributed by atoms with Gasteiger partial charge in [0.25, 0.3) is 0 Å². The highest BCUT2D eigenvalue weighted by Crippen LogP contribution is 2.29. The number of carbonyl (C=O) groups excluding carboxylic acids is 1. The summed E-state index contributed by atoms with van der Waals surface area (Å²) < 4.78 is 5.85. The van der Waals surface area contributed by atoms with Gasteiger partial charge in [-0.3, -0.25) is 9.59 Å². The number of nitrogens with zero attached hydrogens (tertiary/aromatic N) is 1. The summed E-state index contributed by atoms with van der Waals surface area (Å²) in [6.45, 7) is 4.24. The van der Waals surface area contributed by atoms with Crippen molar-refractivity contribution in [1.29, 1.82) is 0 Å². The number of carbonyl (C=O) groups is 2. The molecule has 1 saturated heterocycles. The minimum absolute atomic E-state index is 0.0517. The fraction of sp³-hybridized carbons (Fsp3) is 0.263. The maximum atomic E-state index is 12.0. The molecule has 1 aliphatic rings. The van der Waals surface area contributed by atoms with Gasteiger partial charge in [0.05, 0.1) is 5.92 Å². The predicted octanol–water partition coefficient (Wildman–Crippen LogP) is 3.53. The quantitative estimate of drug-likeness (QED) is 0.934. The van der Waals surface area contributed by atoms with Crippen molar-refractivity contribution >= 4 is 17.6 Å². The maximum Gasteiger partial charge on any atom is 0.308 e. The van der Waals surface area contributed by atoms with Gasteiger partial charge in [0.2, 0.25) is 5.91 Å². The predicted molar refractivity (Wildman–Crippen MR) is 90.5 cm³/mol. The van der Waals surface area contributed by atoms with Crippen LogP contribution in [0.15, 0.2) is 42.5 Å². The molecule has 1 aliphatic heterocycles. The van der Waals surface area contributed by atoms with E-state index in [1.54, 1.807) is 24.3 Å². The summed E-state index contributed by atoms with van der Waals surface area (Å²) in [4.78, 5) is 24.5. The number of amides is 1. The fourth-order valence-electron chi connectivity index (χ4n) is 2.94. The van der Waals surface area contributed by atoms with Crippen molar-refractivity contribution in [3.8, 4) is 11.5 Å². The molecule has 2 aromatic rings. The zero-order valence-electron chi connectivity index (χ0n) is 13.7. The zero-order valence-corrected chi connectivity index (χ0v) is 13.7. The van der Waals surface area contributed by atoms with Gasteiger partial charge in [-0.15, -0.1) is 0 Å². The van der Waals surface area contributed by atoms with Gasteiger partial charge < -0.3 is 14.7 Å². The Balaban J connectivity index is 1.74. The molecule has 0 aromatic heterocycles. The molecular formula is C19H19NO4.